The van der Waals surface area contributed by atoms with Crippen LogP contribution in [0, 0.1) is 0 Å². The van der Waals surface area contributed by atoms with E-state index in [1.54, 1.807) is 42.5 Å². The van der Waals surface area contributed by atoms with E-state index in [4.69, 9.17) is 4.74 Å². The third-order valence-electron chi connectivity index (χ3n) is 7.33. The number of benzene rings is 3. The first-order chi connectivity index (χ1) is 19.5. The minimum absolute atomic E-state index is 0.171. The number of hydrogen-bond donors (Lipinski definition) is 2. The average molecular weight is 564 g/mol. The second-order valence-electron chi connectivity index (χ2n) is 10.1. The molecule has 2 saturated heterocycles. The van der Waals surface area contributed by atoms with Crippen LogP contribution in [0.5, 0.6) is 0 Å². The number of ether oxygens (including phenoxy) is 1. The number of hydrogen-bond acceptors (Lipinski definition) is 7. The summed E-state index contributed by atoms with van der Waals surface area (Å²) in [5, 5.41) is 3.05. The summed E-state index contributed by atoms with van der Waals surface area (Å²) in [6, 6.07) is 23.9. The highest BCUT2D eigenvalue weighted by atomic mass is 32.2. The van der Waals surface area contributed by atoms with Crippen LogP contribution in [0.15, 0.2) is 83.8 Å². The number of carbonyl (C=O) groups excluding carboxylic acids is 1. The Hall–Kier alpha value is -3.44. The molecule has 1 amide bonds. The van der Waals surface area contributed by atoms with Gasteiger partial charge in [-0.2, -0.15) is 0 Å². The zero-order chi connectivity index (χ0) is 27.8. The van der Waals surface area contributed by atoms with Crippen LogP contribution in [0.25, 0.3) is 0 Å². The lowest BCUT2D eigenvalue weighted by Gasteiger charge is -2.37. The van der Waals surface area contributed by atoms with Crippen molar-refractivity contribution in [3.8, 4) is 0 Å². The molecule has 10 heteroatoms. The van der Waals surface area contributed by atoms with Gasteiger partial charge in [-0.15, -0.1) is 0 Å². The van der Waals surface area contributed by atoms with Gasteiger partial charge in [0.1, 0.15) is 0 Å². The molecule has 0 saturated carbocycles. The van der Waals surface area contributed by atoms with Crippen LogP contribution < -0.4 is 14.9 Å². The monoisotopic (exact) mass is 563 g/mol. The maximum atomic E-state index is 13.5. The summed E-state index contributed by atoms with van der Waals surface area (Å²) in [7, 11) is -3.78. The highest BCUT2D eigenvalue weighted by Crippen LogP contribution is 2.27. The van der Waals surface area contributed by atoms with Crippen molar-refractivity contribution in [2.24, 2.45) is 0 Å². The second kappa shape index (κ2) is 13.3. The maximum Gasteiger partial charge on any atom is 0.261 e. The number of amides is 1. The molecule has 3 aromatic carbocycles. The minimum Gasteiger partial charge on any atom is -0.379 e. The molecule has 0 radical (unpaired) electrons. The van der Waals surface area contributed by atoms with Gasteiger partial charge < -0.3 is 15.0 Å². The first kappa shape index (κ1) is 28.1. The summed E-state index contributed by atoms with van der Waals surface area (Å²) in [5.41, 5.74) is 2.91. The van der Waals surface area contributed by atoms with Crippen molar-refractivity contribution >= 4 is 27.3 Å². The lowest BCUT2D eigenvalue weighted by molar-refractivity contribution is 0.0383. The molecule has 0 aromatic heterocycles. The van der Waals surface area contributed by atoms with E-state index in [0.717, 1.165) is 58.0 Å². The molecule has 0 aliphatic carbocycles. The van der Waals surface area contributed by atoms with Gasteiger partial charge in [-0.3, -0.25) is 19.3 Å². The van der Waals surface area contributed by atoms with Gasteiger partial charge in [0, 0.05) is 70.3 Å². The molecular formula is C30H37N5O4S. The molecule has 0 spiro atoms. The molecule has 2 heterocycles. The van der Waals surface area contributed by atoms with E-state index in [1.807, 2.05) is 12.1 Å². The van der Waals surface area contributed by atoms with E-state index in [1.165, 1.54) is 5.56 Å². The molecular weight excluding hydrogens is 526 g/mol. The molecule has 3 aromatic rings. The quantitative estimate of drug-likeness (QED) is 0.392. The van der Waals surface area contributed by atoms with Crippen molar-refractivity contribution in [3.63, 3.8) is 0 Å². The Morgan fingerprint density at radius 3 is 2.17 bits per heavy atom. The van der Waals surface area contributed by atoms with Gasteiger partial charge in [0.15, 0.2) is 0 Å². The van der Waals surface area contributed by atoms with Crippen molar-refractivity contribution in [3.05, 3.63) is 90.0 Å². The fourth-order valence-corrected chi connectivity index (χ4v) is 6.18. The zero-order valence-corrected chi connectivity index (χ0v) is 23.5. The van der Waals surface area contributed by atoms with Gasteiger partial charge >= 0.3 is 0 Å². The smallest absolute Gasteiger partial charge is 0.261 e. The number of nitrogens with one attached hydrogen (secondary N) is 2. The molecule has 0 atom stereocenters. The van der Waals surface area contributed by atoms with Gasteiger partial charge in [-0.05, 0) is 35.9 Å². The lowest BCUT2D eigenvalue weighted by atomic mass is 10.1. The largest absolute Gasteiger partial charge is 0.379 e. The average Bonchev–Trinajstić information content (AvgIpc) is 2.99. The number of morpholine rings is 1. The number of piperazine rings is 1. The Morgan fingerprint density at radius 1 is 0.800 bits per heavy atom. The number of carbonyl (C=O) groups is 1. The van der Waals surface area contributed by atoms with Crippen LogP contribution in [0.2, 0.25) is 0 Å². The number of anilines is 2. The maximum absolute atomic E-state index is 13.5. The highest BCUT2D eigenvalue weighted by Gasteiger charge is 2.23. The fourth-order valence-electron chi connectivity index (χ4n) is 5.11. The van der Waals surface area contributed by atoms with Crippen LogP contribution in [0.4, 0.5) is 11.4 Å². The van der Waals surface area contributed by atoms with Gasteiger partial charge in [0.05, 0.1) is 23.7 Å². The molecule has 9 nitrogen and oxygen atoms in total. The van der Waals surface area contributed by atoms with Crippen molar-refractivity contribution < 1.29 is 17.9 Å². The number of rotatable bonds is 10. The van der Waals surface area contributed by atoms with Crippen molar-refractivity contribution in [2.75, 3.05) is 75.2 Å². The summed E-state index contributed by atoms with van der Waals surface area (Å²) >= 11 is 0. The van der Waals surface area contributed by atoms with E-state index in [9.17, 15) is 13.2 Å². The fraction of sp³-hybridized carbons (Fsp3) is 0.367. The molecule has 2 N–H and O–H groups in total. The lowest BCUT2D eigenvalue weighted by Crippen LogP contribution is -2.46. The van der Waals surface area contributed by atoms with E-state index in [-0.39, 0.29) is 10.8 Å². The first-order valence-electron chi connectivity index (χ1n) is 13.8. The van der Waals surface area contributed by atoms with Crippen molar-refractivity contribution in [1.29, 1.82) is 0 Å². The van der Waals surface area contributed by atoms with Gasteiger partial charge in [0.2, 0.25) is 0 Å². The van der Waals surface area contributed by atoms with Gasteiger partial charge in [-0.25, -0.2) is 8.42 Å². The van der Waals surface area contributed by atoms with E-state index in [0.29, 0.717) is 31.0 Å². The van der Waals surface area contributed by atoms with Gasteiger partial charge in [0.25, 0.3) is 15.9 Å². The number of sulfonamides is 1. The molecule has 0 unspecified atom stereocenters. The SMILES string of the molecule is O=C(NCCN1CCOCC1)c1cc(NS(=O)(=O)c2ccccc2)ccc1N1CCN(Cc2ccccc2)CC1. The third-order valence-corrected chi connectivity index (χ3v) is 8.72. The third kappa shape index (κ3) is 7.39. The van der Waals surface area contributed by atoms with Gasteiger partial charge in [-0.1, -0.05) is 48.5 Å². The molecule has 2 aliphatic heterocycles. The Bertz CT molecular complexity index is 1360. The van der Waals surface area contributed by atoms with Crippen LogP contribution in [0.1, 0.15) is 15.9 Å². The van der Waals surface area contributed by atoms with Crippen molar-refractivity contribution in [1.82, 2.24) is 15.1 Å². The predicted octanol–water partition coefficient (Wildman–Crippen LogP) is 2.87. The molecule has 0 bridgehead atoms. The summed E-state index contributed by atoms with van der Waals surface area (Å²) < 4.78 is 34.0. The van der Waals surface area contributed by atoms with Crippen LogP contribution >= 0.6 is 0 Å². The Kier molecular flexibility index (Phi) is 9.33. The Labute approximate surface area is 236 Å². The highest BCUT2D eigenvalue weighted by molar-refractivity contribution is 7.92. The van der Waals surface area contributed by atoms with E-state index in [2.05, 4.69) is 49.0 Å². The summed E-state index contributed by atoms with van der Waals surface area (Å²) in [4.78, 5) is 20.5. The normalized spacial score (nSPS) is 16.9. The summed E-state index contributed by atoms with van der Waals surface area (Å²) in [6.07, 6.45) is 0. The zero-order valence-electron chi connectivity index (χ0n) is 22.7. The molecule has 2 fully saturated rings. The molecule has 5 rings (SSSR count). The van der Waals surface area contributed by atoms with E-state index < -0.39 is 10.0 Å². The number of nitrogens with zero attached hydrogens (tertiary/aromatic N) is 3. The van der Waals surface area contributed by atoms with Crippen LogP contribution in [-0.2, 0) is 21.3 Å². The molecule has 2 aliphatic rings. The van der Waals surface area contributed by atoms with Crippen LogP contribution in [-0.4, -0.2) is 89.7 Å². The topological polar surface area (TPSA) is 94.2 Å². The minimum atomic E-state index is -3.78. The summed E-state index contributed by atoms with van der Waals surface area (Å²) in [5.74, 6) is -0.212. The second-order valence-corrected chi connectivity index (χ2v) is 11.8. The first-order valence-corrected chi connectivity index (χ1v) is 15.3. The summed E-state index contributed by atoms with van der Waals surface area (Å²) in [6.45, 7) is 8.54. The molecule has 40 heavy (non-hydrogen) atoms. The predicted molar refractivity (Wildman–Crippen MR) is 157 cm³/mol. The standard InChI is InChI=1S/C30H37N5O4S/c36-30(31-13-14-33-19-21-39-22-20-33)28-23-26(32-40(37,38)27-9-5-2-6-10-27)11-12-29(28)35-17-15-34(16-18-35)24-25-7-3-1-4-8-25/h1-12,23,32H,13-22,24H2,(H,31,36). The van der Waals surface area contributed by atoms with Crippen molar-refractivity contribution in [2.45, 2.75) is 11.4 Å². The van der Waals surface area contributed by atoms with E-state index >= 15 is 0 Å². The Morgan fingerprint density at radius 2 is 1.48 bits per heavy atom. The Balaban J connectivity index is 1.30. The molecule has 212 valence electrons. The van der Waals surface area contributed by atoms with Crippen LogP contribution in [0.3, 0.4) is 0 Å².